The summed E-state index contributed by atoms with van der Waals surface area (Å²) in [6.45, 7) is 0. The topological polar surface area (TPSA) is 41.5 Å². The highest BCUT2D eigenvalue weighted by atomic mass is 16.1. The summed E-state index contributed by atoms with van der Waals surface area (Å²) in [6, 6.07) is 7.56. The number of fused-ring (bicyclic) bond motifs is 1. The van der Waals surface area contributed by atoms with Gasteiger partial charge >= 0.3 is 0 Å². The van der Waals surface area contributed by atoms with Gasteiger partial charge in [-0.15, -0.1) is 0 Å². The molecule has 1 aromatic rings. The van der Waals surface area contributed by atoms with Gasteiger partial charge in [0.25, 0.3) is 0 Å². The first-order chi connectivity index (χ1) is 6.33. The fourth-order valence-corrected chi connectivity index (χ4v) is 1.56. The van der Waals surface area contributed by atoms with E-state index in [0.717, 1.165) is 16.8 Å². The number of carbonyl (C=O) groups excluding carboxylic acids is 1. The van der Waals surface area contributed by atoms with Crippen LogP contribution >= 0.6 is 0 Å². The number of rotatable bonds is 1. The van der Waals surface area contributed by atoms with Gasteiger partial charge in [-0.05, 0) is 0 Å². The van der Waals surface area contributed by atoms with E-state index in [9.17, 15) is 4.79 Å². The van der Waals surface area contributed by atoms with E-state index in [4.69, 9.17) is 0 Å². The number of ketones is 1. The van der Waals surface area contributed by atoms with Crippen molar-refractivity contribution in [1.29, 1.82) is 0 Å². The molecule has 1 N–H and O–H groups in total. The lowest BCUT2D eigenvalue weighted by Crippen LogP contribution is -2.03. The summed E-state index contributed by atoms with van der Waals surface area (Å²) in [7, 11) is 1.73. The van der Waals surface area contributed by atoms with Crippen molar-refractivity contribution in [1.82, 2.24) is 5.43 Å². The molecule has 1 aliphatic carbocycles. The highest BCUT2D eigenvalue weighted by molar-refractivity contribution is 6.26. The third-order valence-electron chi connectivity index (χ3n) is 2.11. The van der Waals surface area contributed by atoms with Gasteiger partial charge in [0, 0.05) is 18.2 Å². The van der Waals surface area contributed by atoms with E-state index in [-0.39, 0.29) is 5.78 Å². The Balaban J connectivity index is 2.53. The molecule has 1 aromatic carbocycles. The highest BCUT2D eigenvalue weighted by Gasteiger charge is 2.24. The largest absolute Gasteiger partial charge is 0.313 e. The molecule has 0 amide bonds. The van der Waals surface area contributed by atoms with Crippen molar-refractivity contribution in [3.63, 3.8) is 0 Å². The summed E-state index contributed by atoms with van der Waals surface area (Å²) < 4.78 is 0. The summed E-state index contributed by atoms with van der Waals surface area (Å²) in [5, 5.41) is 4.06. The number of carbonyl (C=O) groups is 1. The Morgan fingerprint density at radius 3 is 2.69 bits per heavy atom. The quantitative estimate of drug-likeness (QED) is 0.650. The second kappa shape index (κ2) is 3.01. The first-order valence-electron chi connectivity index (χ1n) is 4.19. The molecular formula is C10H10N2O. The van der Waals surface area contributed by atoms with Gasteiger partial charge in [0.1, 0.15) is 0 Å². The molecule has 0 atom stereocenters. The van der Waals surface area contributed by atoms with Crippen molar-refractivity contribution >= 4 is 11.5 Å². The molecule has 0 heterocycles. The molecule has 0 aliphatic heterocycles. The van der Waals surface area contributed by atoms with Crippen LogP contribution in [0.25, 0.3) is 0 Å². The van der Waals surface area contributed by atoms with E-state index in [2.05, 4.69) is 10.5 Å². The number of nitrogens with one attached hydrogen (secondary N) is 1. The maximum atomic E-state index is 11.4. The molecule has 0 radical (unpaired) electrons. The molecule has 0 aromatic heterocycles. The fraction of sp³-hybridized carbons (Fsp3) is 0.200. The number of nitrogens with zero attached hydrogens (tertiary/aromatic N) is 1. The minimum absolute atomic E-state index is 0.157. The third kappa shape index (κ3) is 1.22. The van der Waals surface area contributed by atoms with Crippen LogP contribution in [-0.4, -0.2) is 18.5 Å². The fourth-order valence-electron chi connectivity index (χ4n) is 1.56. The van der Waals surface area contributed by atoms with Crippen LogP contribution in [-0.2, 0) is 0 Å². The standard InChI is InChI=1S/C10H10N2O/c1-11-12-9-6-10(13)8-5-3-2-4-7(8)9/h2-5,11H,6H2,1H3. The second-order valence-electron chi connectivity index (χ2n) is 2.93. The zero-order valence-electron chi connectivity index (χ0n) is 7.37. The average Bonchev–Trinajstić information content (AvgIpc) is 2.46. The van der Waals surface area contributed by atoms with Crippen molar-refractivity contribution in [2.24, 2.45) is 5.10 Å². The van der Waals surface area contributed by atoms with Crippen molar-refractivity contribution in [2.45, 2.75) is 6.42 Å². The van der Waals surface area contributed by atoms with Crippen LogP contribution in [0, 0.1) is 0 Å². The van der Waals surface area contributed by atoms with Crippen LogP contribution in [0.5, 0.6) is 0 Å². The average molecular weight is 174 g/mol. The second-order valence-corrected chi connectivity index (χ2v) is 2.93. The molecule has 0 bridgehead atoms. The van der Waals surface area contributed by atoms with E-state index >= 15 is 0 Å². The molecule has 3 heteroatoms. The Morgan fingerprint density at radius 1 is 1.31 bits per heavy atom. The van der Waals surface area contributed by atoms with E-state index < -0.39 is 0 Å². The first-order valence-corrected chi connectivity index (χ1v) is 4.19. The maximum Gasteiger partial charge on any atom is 0.169 e. The monoisotopic (exact) mass is 174 g/mol. The normalized spacial score (nSPS) is 17.6. The number of hydrogen-bond donors (Lipinski definition) is 1. The van der Waals surface area contributed by atoms with Gasteiger partial charge in [0.05, 0.1) is 12.1 Å². The van der Waals surface area contributed by atoms with E-state index in [1.54, 1.807) is 7.05 Å². The van der Waals surface area contributed by atoms with Gasteiger partial charge in [0.2, 0.25) is 0 Å². The van der Waals surface area contributed by atoms with Crippen LogP contribution in [0.1, 0.15) is 22.3 Å². The molecule has 0 unspecified atom stereocenters. The zero-order chi connectivity index (χ0) is 9.26. The molecule has 0 saturated carbocycles. The Kier molecular flexibility index (Phi) is 1.85. The van der Waals surface area contributed by atoms with Crippen molar-refractivity contribution in [3.8, 4) is 0 Å². The van der Waals surface area contributed by atoms with Crippen LogP contribution in [0.3, 0.4) is 0 Å². The number of benzene rings is 1. The summed E-state index contributed by atoms with van der Waals surface area (Å²) in [5.41, 5.74) is 5.29. The van der Waals surface area contributed by atoms with Crippen LogP contribution in [0.2, 0.25) is 0 Å². The highest BCUT2D eigenvalue weighted by Crippen LogP contribution is 2.21. The number of hydrogen-bond acceptors (Lipinski definition) is 3. The Labute approximate surface area is 76.5 Å². The van der Waals surface area contributed by atoms with Crippen molar-refractivity contribution in [3.05, 3.63) is 35.4 Å². The molecule has 1 aliphatic rings. The molecule has 13 heavy (non-hydrogen) atoms. The summed E-state index contributed by atoms with van der Waals surface area (Å²) in [6.07, 6.45) is 0.417. The predicted molar refractivity (Wildman–Crippen MR) is 51.0 cm³/mol. The molecule has 3 nitrogen and oxygen atoms in total. The molecular weight excluding hydrogens is 164 g/mol. The maximum absolute atomic E-state index is 11.4. The van der Waals surface area contributed by atoms with E-state index in [0.29, 0.717) is 6.42 Å². The van der Waals surface area contributed by atoms with Gasteiger partial charge in [-0.2, -0.15) is 5.10 Å². The lowest BCUT2D eigenvalue weighted by Gasteiger charge is -1.96. The molecule has 0 spiro atoms. The lowest BCUT2D eigenvalue weighted by molar-refractivity contribution is 0.101. The van der Waals surface area contributed by atoms with Gasteiger partial charge in [0.15, 0.2) is 5.78 Å². The first kappa shape index (κ1) is 7.98. The van der Waals surface area contributed by atoms with Gasteiger partial charge in [-0.25, -0.2) is 0 Å². The zero-order valence-corrected chi connectivity index (χ0v) is 7.37. The Morgan fingerprint density at radius 2 is 2.00 bits per heavy atom. The van der Waals surface area contributed by atoms with Crippen molar-refractivity contribution < 1.29 is 4.79 Å². The van der Waals surface area contributed by atoms with Crippen LogP contribution in [0.15, 0.2) is 29.4 Å². The smallest absolute Gasteiger partial charge is 0.169 e. The third-order valence-corrected chi connectivity index (χ3v) is 2.11. The molecule has 0 fully saturated rings. The minimum Gasteiger partial charge on any atom is -0.313 e. The van der Waals surface area contributed by atoms with E-state index in [1.807, 2.05) is 24.3 Å². The summed E-state index contributed by atoms with van der Waals surface area (Å²) >= 11 is 0. The SMILES string of the molecule is CNN=C1CC(=O)c2ccccc21. The molecule has 0 saturated heterocycles. The summed E-state index contributed by atoms with van der Waals surface area (Å²) in [5.74, 6) is 0.157. The van der Waals surface area contributed by atoms with E-state index in [1.165, 1.54) is 0 Å². The number of hydrazone groups is 1. The predicted octanol–water partition coefficient (Wildman–Crippen LogP) is 1.20. The Bertz CT molecular complexity index is 382. The molecule has 2 rings (SSSR count). The minimum atomic E-state index is 0.157. The lowest BCUT2D eigenvalue weighted by atomic mass is 10.1. The van der Waals surface area contributed by atoms with Gasteiger partial charge in [-0.1, -0.05) is 24.3 Å². The Hall–Kier alpha value is -1.64. The van der Waals surface area contributed by atoms with Crippen LogP contribution < -0.4 is 5.43 Å². The van der Waals surface area contributed by atoms with Gasteiger partial charge < -0.3 is 5.43 Å². The van der Waals surface area contributed by atoms with Gasteiger partial charge in [-0.3, -0.25) is 4.79 Å². The van der Waals surface area contributed by atoms with Crippen LogP contribution in [0.4, 0.5) is 0 Å². The summed E-state index contributed by atoms with van der Waals surface area (Å²) in [4.78, 5) is 11.4. The number of Topliss-reactive ketones (excluding diaryl/α,β-unsaturated/α-hetero) is 1. The van der Waals surface area contributed by atoms with Crippen molar-refractivity contribution in [2.75, 3.05) is 7.05 Å². The molecule has 66 valence electrons.